The molecular formula is C16H23N. The Hall–Kier alpha value is -1.08. The Balaban J connectivity index is 1.82. The number of piperidine rings is 1. The van der Waals surface area contributed by atoms with Gasteiger partial charge in [-0.15, -0.1) is 0 Å². The second kappa shape index (κ2) is 6.02. The van der Waals surface area contributed by atoms with Crippen molar-refractivity contribution in [1.82, 2.24) is 4.90 Å². The Labute approximate surface area is 105 Å². The van der Waals surface area contributed by atoms with Crippen molar-refractivity contribution in [3.8, 4) is 0 Å². The molecule has 1 heteroatoms. The maximum Gasteiger partial charge on any atom is 0.00218 e. The van der Waals surface area contributed by atoms with Gasteiger partial charge in [0.1, 0.15) is 0 Å². The molecule has 0 saturated carbocycles. The van der Waals surface area contributed by atoms with Crippen LogP contribution in [-0.2, 0) is 0 Å². The first-order valence-corrected chi connectivity index (χ1v) is 6.73. The fourth-order valence-corrected chi connectivity index (χ4v) is 2.41. The summed E-state index contributed by atoms with van der Waals surface area (Å²) in [5, 5.41) is 0. The van der Waals surface area contributed by atoms with Crippen LogP contribution in [0.15, 0.2) is 30.8 Å². The van der Waals surface area contributed by atoms with Gasteiger partial charge in [0.05, 0.1) is 0 Å². The van der Waals surface area contributed by atoms with Crippen molar-refractivity contribution in [1.29, 1.82) is 0 Å². The van der Waals surface area contributed by atoms with Crippen LogP contribution in [0, 0.1) is 6.92 Å². The molecule has 1 aliphatic rings. The van der Waals surface area contributed by atoms with E-state index in [1.165, 1.54) is 55.6 Å². The molecule has 17 heavy (non-hydrogen) atoms. The van der Waals surface area contributed by atoms with Crippen LogP contribution in [0.3, 0.4) is 0 Å². The lowest BCUT2D eigenvalue weighted by molar-refractivity contribution is 0.234. The molecule has 1 saturated heterocycles. The van der Waals surface area contributed by atoms with Gasteiger partial charge in [-0.1, -0.05) is 42.8 Å². The van der Waals surface area contributed by atoms with Gasteiger partial charge in [-0.3, -0.25) is 0 Å². The second-order valence-electron chi connectivity index (χ2n) is 5.12. The summed E-state index contributed by atoms with van der Waals surface area (Å²) in [5.74, 6) is 0. The molecule has 0 atom stereocenters. The predicted octanol–water partition coefficient (Wildman–Crippen LogP) is 3.88. The fraction of sp³-hybridized carbons (Fsp3) is 0.500. The third-order valence-electron chi connectivity index (χ3n) is 3.64. The number of hydrogen-bond donors (Lipinski definition) is 0. The molecule has 0 unspecified atom stereocenters. The molecular weight excluding hydrogens is 206 g/mol. The van der Waals surface area contributed by atoms with E-state index < -0.39 is 0 Å². The molecule has 92 valence electrons. The Morgan fingerprint density at radius 2 is 1.76 bits per heavy atom. The van der Waals surface area contributed by atoms with E-state index in [4.69, 9.17) is 0 Å². The van der Waals surface area contributed by atoms with Crippen molar-refractivity contribution >= 4 is 5.57 Å². The normalized spacial score (nSPS) is 17.0. The summed E-state index contributed by atoms with van der Waals surface area (Å²) in [6.45, 7) is 10.1. The van der Waals surface area contributed by atoms with Gasteiger partial charge in [0.25, 0.3) is 0 Å². The molecule has 0 spiro atoms. The van der Waals surface area contributed by atoms with Crippen molar-refractivity contribution in [2.24, 2.45) is 0 Å². The molecule has 0 amide bonds. The summed E-state index contributed by atoms with van der Waals surface area (Å²) in [7, 11) is 0. The minimum atomic E-state index is 1.10. The summed E-state index contributed by atoms with van der Waals surface area (Å²) in [6, 6.07) is 8.71. The van der Waals surface area contributed by atoms with E-state index in [9.17, 15) is 0 Å². The van der Waals surface area contributed by atoms with E-state index in [-0.39, 0.29) is 0 Å². The Bertz CT molecular complexity index is 358. The molecule has 1 fully saturated rings. The highest BCUT2D eigenvalue weighted by molar-refractivity contribution is 5.63. The van der Waals surface area contributed by atoms with Gasteiger partial charge in [-0.2, -0.15) is 0 Å². The van der Waals surface area contributed by atoms with Crippen LogP contribution in [0.1, 0.15) is 36.8 Å². The number of hydrogen-bond acceptors (Lipinski definition) is 1. The van der Waals surface area contributed by atoms with E-state index in [1.54, 1.807) is 0 Å². The maximum absolute atomic E-state index is 4.21. The van der Waals surface area contributed by atoms with Crippen LogP contribution >= 0.6 is 0 Å². The van der Waals surface area contributed by atoms with Gasteiger partial charge in [0, 0.05) is 6.54 Å². The number of aryl methyl sites for hydroxylation is 1. The molecule has 2 rings (SSSR count). The molecule has 1 aromatic carbocycles. The van der Waals surface area contributed by atoms with E-state index >= 15 is 0 Å². The summed E-state index contributed by atoms with van der Waals surface area (Å²) in [6.07, 6.45) is 5.26. The van der Waals surface area contributed by atoms with Crippen LogP contribution in [0.25, 0.3) is 5.57 Å². The minimum Gasteiger partial charge on any atom is -0.303 e. The standard InChI is InChI=1S/C16H23N/c1-14-6-8-16(9-7-14)15(2)10-13-17-11-4-3-5-12-17/h6-9H,2-5,10-13H2,1H3. The molecule has 1 aliphatic heterocycles. The summed E-state index contributed by atoms with van der Waals surface area (Å²) in [4.78, 5) is 2.57. The first-order valence-electron chi connectivity index (χ1n) is 6.73. The van der Waals surface area contributed by atoms with Crippen molar-refractivity contribution in [2.45, 2.75) is 32.6 Å². The molecule has 1 nitrogen and oxygen atoms in total. The zero-order valence-electron chi connectivity index (χ0n) is 10.9. The van der Waals surface area contributed by atoms with E-state index in [0.29, 0.717) is 0 Å². The lowest BCUT2D eigenvalue weighted by atomic mass is 10.0. The van der Waals surface area contributed by atoms with Crippen molar-refractivity contribution in [3.05, 3.63) is 42.0 Å². The van der Waals surface area contributed by atoms with Crippen LogP contribution < -0.4 is 0 Å². The lowest BCUT2D eigenvalue weighted by Crippen LogP contribution is -2.30. The molecule has 0 N–H and O–H groups in total. The Morgan fingerprint density at radius 1 is 1.12 bits per heavy atom. The van der Waals surface area contributed by atoms with Gasteiger partial charge in [-0.25, -0.2) is 0 Å². The minimum absolute atomic E-state index is 1.10. The van der Waals surface area contributed by atoms with Crippen LogP contribution in [0.2, 0.25) is 0 Å². The Kier molecular flexibility index (Phi) is 4.38. The molecule has 1 heterocycles. The molecule has 1 aromatic rings. The van der Waals surface area contributed by atoms with Crippen molar-refractivity contribution in [2.75, 3.05) is 19.6 Å². The molecule has 0 aromatic heterocycles. The van der Waals surface area contributed by atoms with E-state index in [1.807, 2.05) is 0 Å². The van der Waals surface area contributed by atoms with E-state index in [0.717, 1.165) is 6.42 Å². The monoisotopic (exact) mass is 229 g/mol. The highest BCUT2D eigenvalue weighted by Crippen LogP contribution is 2.18. The summed E-state index contributed by atoms with van der Waals surface area (Å²) >= 11 is 0. The number of likely N-dealkylation sites (tertiary alicyclic amines) is 1. The van der Waals surface area contributed by atoms with Gasteiger partial charge in [0.2, 0.25) is 0 Å². The van der Waals surface area contributed by atoms with Gasteiger partial charge >= 0.3 is 0 Å². The van der Waals surface area contributed by atoms with Crippen LogP contribution in [-0.4, -0.2) is 24.5 Å². The zero-order chi connectivity index (χ0) is 12.1. The summed E-state index contributed by atoms with van der Waals surface area (Å²) in [5.41, 5.74) is 3.89. The zero-order valence-corrected chi connectivity index (χ0v) is 10.9. The third kappa shape index (κ3) is 3.71. The quantitative estimate of drug-likeness (QED) is 0.757. The third-order valence-corrected chi connectivity index (χ3v) is 3.64. The first kappa shape index (κ1) is 12.4. The van der Waals surface area contributed by atoms with Crippen LogP contribution in [0.5, 0.6) is 0 Å². The average molecular weight is 229 g/mol. The SMILES string of the molecule is C=C(CCN1CCCCC1)c1ccc(C)cc1. The van der Waals surface area contributed by atoms with Gasteiger partial charge in [0.15, 0.2) is 0 Å². The lowest BCUT2D eigenvalue weighted by Gasteiger charge is -2.26. The van der Waals surface area contributed by atoms with E-state index in [2.05, 4.69) is 42.7 Å². The average Bonchev–Trinajstić information content (AvgIpc) is 2.38. The molecule has 0 radical (unpaired) electrons. The largest absolute Gasteiger partial charge is 0.303 e. The summed E-state index contributed by atoms with van der Waals surface area (Å²) < 4.78 is 0. The number of nitrogens with zero attached hydrogens (tertiary/aromatic N) is 1. The molecule has 0 aliphatic carbocycles. The predicted molar refractivity (Wildman–Crippen MR) is 75.1 cm³/mol. The van der Waals surface area contributed by atoms with Gasteiger partial charge < -0.3 is 4.90 Å². The topological polar surface area (TPSA) is 3.24 Å². The fourth-order valence-electron chi connectivity index (χ4n) is 2.41. The second-order valence-corrected chi connectivity index (χ2v) is 5.12. The van der Waals surface area contributed by atoms with Crippen molar-refractivity contribution in [3.63, 3.8) is 0 Å². The Morgan fingerprint density at radius 3 is 2.41 bits per heavy atom. The highest BCUT2D eigenvalue weighted by Gasteiger charge is 2.10. The van der Waals surface area contributed by atoms with Crippen molar-refractivity contribution < 1.29 is 0 Å². The maximum atomic E-state index is 4.21. The number of benzene rings is 1. The van der Waals surface area contributed by atoms with Gasteiger partial charge in [-0.05, 0) is 50.4 Å². The number of rotatable bonds is 4. The van der Waals surface area contributed by atoms with Crippen LogP contribution in [0.4, 0.5) is 0 Å². The molecule has 0 bridgehead atoms. The smallest absolute Gasteiger partial charge is 0.00218 e. The highest BCUT2D eigenvalue weighted by atomic mass is 15.1. The first-order chi connectivity index (χ1) is 8.25.